The van der Waals surface area contributed by atoms with Crippen LogP contribution in [0.5, 0.6) is 0 Å². The maximum atomic E-state index is 12.0. The Morgan fingerprint density at radius 3 is 2.61 bits per heavy atom. The van der Waals surface area contributed by atoms with Crippen LogP contribution in [0.1, 0.15) is 27.7 Å². The zero-order valence-corrected chi connectivity index (χ0v) is 10.6. The topological polar surface area (TPSA) is 81.2 Å². The monoisotopic (exact) mass is 245 g/mol. The Morgan fingerprint density at radius 2 is 2.06 bits per heavy atom. The molecule has 18 heavy (non-hydrogen) atoms. The van der Waals surface area contributed by atoms with E-state index in [1.807, 2.05) is 13.0 Å². The number of nitrogens with zero attached hydrogens (tertiary/aromatic N) is 1. The summed E-state index contributed by atoms with van der Waals surface area (Å²) in [6, 6.07) is 5.36. The molecule has 0 radical (unpaired) electrons. The number of amides is 1. The molecule has 0 unspecified atom stereocenters. The van der Waals surface area contributed by atoms with E-state index in [-0.39, 0.29) is 11.7 Å². The first-order valence-corrected chi connectivity index (χ1v) is 5.59. The highest BCUT2D eigenvalue weighted by Crippen LogP contribution is 2.18. The lowest BCUT2D eigenvalue weighted by molar-refractivity contribution is 0.0994. The first kappa shape index (κ1) is 12.2. The molecule has 1 amide bonds. The van der Waals surface area contributed by atoms with Crippen LogP contribution in [0.25, 0.3) is 0 Å². The highest BCUT2D eigenvalue weighted by Gasteiger charge is 2.16. The van der Waals surface area contributed by atoms with Gasteiger partial charge in [-0.15, -0.1) is 0 Å². The van der Waals surface area contributed by atoms with Crippen molar-refractivity contribution < 1.29 is 9.21 Å². The van der Waals surface area contributed by atoms with Crippen molar-refractivity contribution in [1.29, 1.82) is 0 Å². The molecule has 3 N–H and O–H groups in total. The number of benzene rings is 1. The number of nitrogens with one attached hydrogen (secondary N) is 1. The van der Waals surface area contributed by atoms with Crippen molar-refractivity contribution in [3.63, 3.8) is 0 Å². The lowest BCUT2D eigenvalue weighted by Gasteiger charge is -2.06. The van der Waals surface area contributed by atoms with Crippen molar-refractivity contribution in [2.24, 2.45) is 0 Å². The summed E-state index contributed by atoms with van der Waals surface area (Å²) in [7, 11) is 0. The van der Waals surface area contributed by atoms with Crippen molar-refractivity contribution in [3.8, 4) is 0 Å². The average molecular weight is 245 g/mol. The molecular weight excluding hydrogens is 230 g/mol. The summed E-state index contributed by atoms with van der Waals surface area (Å²) in [5.74, 6) is 0.379. The minimum atomic E-state index is -0.323. The van der Waals surface area contributed by atoms with Crippen molar-refractivity contribution in [1.82, 2.24) is 4.98 Å². The quantitative estimate of drug-likeness (QED) is 0.796. The van der Waals surface area contributed by atoms with Gasteiger partial charge in [-0.05, 0) is 31.5 Å². The van der Waals surface area contributed by atoms with Gasteiger partial charge in [0, 0.05) is 18.3 Å². The Morgan fingerprint density at radius 1 is 1.33 bits per heavy atom. The van der Waals surface area contributed by atoms with Crippen LogP contribution in [0.4, 0.5) is 11.4 Å². The number of aryl methyl sites for hydroxylation is 3. The molecule has 2 aromatic rings. The molecular formula is C13H15N3O2. The van der Waals surface area contributed by atoms with E-state index in [1.54, 1.807) is 26.0 Å². The third-order valence-electron chi connectivity index (χ3n) is 2.65. The van der Waals surface area contributed by atoms with Gasteiger partial charge in [0.25, 0.3) is 5.91 Å². The highest BCUT2D eigenvalue weighted by molar-refractivity contribution is 6.03. The van der Waals surface area contributed by atoms with Crippen LogP contribution in [0, 0.1) is 20.8 Å². The molecule has 5 nitrogen and oxygen atoms in total. The molecule has 0 fully saturated rings. The van der Waals surface area contributed by atoms with Crippen LogP contribution in [-0.4, -0.2) is 10.9 Å². The number of hydrogen-bond acceptors (Lipinski definition) is 4. The van der Waals surface area contributed by atoms with Gasteiger partial charge in [0.2, 0.25) is 5.76 Å². The van der Waals surface area contributed by atoms with E-state index >= 15 is 0 Å². The summed E-state index contributed by atoms with van der Waals surface area (Å²) >= 11 is 0. The van der Waals surface area contributed by atoms with Crippen molar-refractivity contribution in [3.05, 3.63) is 41.1 Å². The number of hydrogen-bond donors (Lipinski definition) is 2. The Labute approximate surface area is 105 Å². The Kier molecular flexibility index (Phi) is 3.06. The first-order chi connectivity index (χ1) is 8.47. The molecule has 0 bridgehead atoms. The third kappa shape index (κ3) is 2.34. The van der Waals surface area contributed by atoms with Gasteiger partial charge >= 0.3 is 0 Å². The van der Waals surface area contributed by atoms with E-state index in [0.29, 0.717) is 23.0 Å². The van der Waals surface area contributed by atoms with Gasteiger partial charge in [0.15, 0.2) is 5.89 Å². The fraction of sp³-hybridized carbons (Fsp3) is 0.231. The van der Waals surface area contributed by atoms with Crippen LogP contribution in [0.3, 0.4) is 0 Å². The van der Waals surface area contributed by atoms with Crippen molar-refractivity contribution >= 4 is 17.3 Å². The lowest BCUT2D eigenvalue weighted by Crippen LogP contribution is -2.12. The smallest absolute Gasteiger partial charge is 0.293 e. The van der Waals surface area contributed by atoms with E-state index in [9.17, 15) is 4.79 Å². The van der Waals surface area contributed by atoms with Gasteiger partial charge in [-0.2, -0.15) is 0 Å². The minimum Gasteiger partial charge on any atom is -0.436 e. The molecule has 1 heterocycles. The average Bonchev–Trinajstić information content (AvgIpc) is 2.63. The van der Waals surface area contributed by atoms with Crippen LogP contribution >= 0.6 is 0 Å². The summed E-state index contributed by atoms with van der Waals surface area (Å²) in [6.45, 7) is 5.34. The minimum absolute atomic E-state index is 0.228. The standard InChI is InChI=1S/C13H15N3O2/c1-7-4-5-10(6-11(7)14)16-13(17)12-8(2)15-9(3)18-12/h4-6H,14H2,1-3H3,(H,16,17). The van der Waals surface area contributed by atoms with Gasteiger partial charge in [0.1, 0.15) is 0 Å². The number of nitrogen functional groups attached to an aromatic ring is 1. The number of nitrogens with two attached hydrogens (primary N) is 1. The van der Waals surface area contributed by atoms with E-state index in [4.69, 9.17) is 10.2 Å². The van der Waals surface area contributed by atoms with E-state index in [0.717, 1.165) is 5.56 Å². The number of aromatic nitrogens is 1. The zero-order chi connectivity index (χ0) is 13.3. The van der Waals surface area contributed by atoms with Crippen LogP contribution < -0.4 is 11.1 Å². The molecule has 1 aromatic carbocycles. The molecule has 2 rings (SSSR count). The van der Waals surface area contributed by atoms with Gasteiger partial charge < -0.3 is 15.5 Å². The maximum absolute atomic E-state index is 12.0. The molecule has 0 saturated heterocycles. The number of carbonyl (C=O) groups is 1. The van der Waals surface area contributed by atoms with Gasteiger partial charge in [0.05, 0.1) is 5.69 Å². The van der Waals surface area contributed by atoms with Crippen molar-refractivity contribution in [2.45, 2.75) is 20.8 Å². The predicted molar refractivity (Wildman–Crippen MR) is 69.5 cm³/mol. The zero-order valence-electron chi connectivity index (χ0n) is 10.6. The fourth-order valence-corrected chi connectivity index (χ4v) is 1.65. The van der Waals surface area contributed by atoms with Gasteiger partial charge in [-0.3, -0.25) is 4.79 Å². The van der Waals surface area contributed by atoms with Crippen molar-refractivity contribution in [2.75, 3.05) is 11.1 Å². The molecule has 1 aromatic heterocycles. The normalized spacial score (nSPS) is 10.4. The molecule has 0 saturated carbocycles. The summed E-state index contributed by atoms with van der Waals surface area (Å²) < 4.78 is 5.25. The second kappa shape index (κ2) is 4.52. The molecule has 0 spiro atoms. The molecule has 5 heteroatoms. The lowest BCUT2D eigenvalue weighted by atomic mass is 10.2. The summed E-state index contributed by atoms with van der Waals surface area (Å²) in [6.07, 6.45) is 0. The second-order valence-corrected chi connectivity index (χ2v) is 4.17. The largest absolute Gasteiger partial charge is 0.436 e. The highest BCUT2D eigenvalue weighted by atomic mass is 16.4. The summed E-state index contributed by atoms with van der Waals surface area (Å²) in [5, 5.41) is 2.73. The fourth-order valence-electron chi connectivity index (χ4n) is 1.65. The molecule has 0 aliphatic carbocycles. The number of anilines is 2. The molecule has 0 aliphatic rings. The molecule has 0 aliphatic heterocycles. The summed E-state index contributed by atoms with van der Waals surface area (Å²) in [4.78, 5) is 16.0. The predicted octanol–water partition coefficient (Wildman–Crippen LogP) is 2.43. The molecule has 94 valence electrons. The van der Waals surface area contributed by atoms with Gasteiger partial charge in [-0.1, -0.05) is 6.07 Å². The van der Waals surface area contributed by atoms with Gasteiger partial charge in [-0.25, -0.2) is 4.98 Å². The van der Waals surface area contributed by atoms with Crippen LogP contribution in [-0.2, 0) is 0 Å². The first-order valence-electron chi connectivity index (χ1n) is 5.59. The maximum Gasteiger partial charge on any atom is 0.293 e. The number of rotatable bonds is 2. The third-order valence-corrected chi connectivity index (χ3v) is 2.65. The second-order valence-electron chi connectivity index (χ2n) is 4.17. The van der Waals surface area contributed by atoms with E-state index in [1.165, 1.54) is 0 Å². The molecule has 0 atom stereocenters. The number of oxazole rings is 1. The Bertz CT molecular complexity index is 602. The van der Waals surface area contributed by atoms with E-state index in [2.05, 4.69) is 10.3 Å². The van der Waals surface area contributed by atoms with E-state index < -0.39 is 0 Å². The van der Waals surface area contributed by atoms with Crippen LogP contribution in [0.15, 0.2) is 22.6 Å². The summed E-state index contributed by atoms with van der Waals surface area (Å²) in [5.41, 5.74) is 8.60. The number of carbonyl (C=O) groups excluding carboxylic acids is 1. The van der Waals surface area contributed by atoms with Crippen LogP contribution in [0.2, 0.25) is 0 Å². The Hall–Kier alpha value is -2.30. The Balaban J connectivity index is 2.21. The SMILES string of the molecule is Cc1nc(C)c(C(=O)Nc2ccc(C)c(N)c2)o1.